The molecule has 0 rings (SSSR count). The summed E-state index contributed by atoms with van der Waals surface area (Å²) >= 11 is 0. The lowest BCUT2D eigenvalue weighted by atomic mass is 10.1. The number of carbonyl (C=O) groups is 3. The molecule has 0 aliphatic heterocycles. The fourth-order valence-corrected chi connectivity index (χ4v) is 8.54. The van der Waals surface area contributed by atoms with E-state index in [1.165, 1.54) is 0 Å². The van der Waals surface area contributed by atoms with Gasteiger partial charge in [-0.05, 0) is 19.3 Å². The van der Waals surface area contributed by atoms with Gasteiger partial charge in [0, 0.05) is 0 Å². The van der Waals surface area contributed by atoms with Crippen molar-refractivity contribution in [3.8, 4) is 0 Å². The molecule has 8 heteroatoms. The number of carboxylic acid groups (broad SMARTS) is 3. The molecule has 0 bridgehead atoms. The van der Waals surface area contributed by atoms with Crippen molar-refractivity contribution in [1.82, 2.24) is 0 Å². The van der Waals surface area contributed by atoms with E-state index in [0.29, 0.717) is 19.3 Å². The molecule has 0 aliphatic rings. The number of carboxylic acids is 3. The monoisotopic (exact) mass is 476 g/mol. The zero-order valence-corrected chi connectivity index (χ0v) is 21.2. The normalized spacial score (nSPS) is 16.1. The molecule has 3 unspecified atom stereocenters. The molecule has 3 N–H and O–H groups in total. The smallest absolute Gasteiger partial charge is 0.314 e. The fourth-order valence-electron chi connectivity index (χ4n) is 4.44. The Bertz CT molecular complexity index is 524. The summed E-state index contributed by atoms with van der Waals surface area (Å²) < 4.78 is 14.5. The molecule has 188 valence electrons. The molecule has 0 aromatic carbocycles. The second kappa shape index (κ2) is 17.2. The molecule has 0 heterocycles. The minimum absolute atomic E-state index is 0.0596. The number of hydrogen-bond acceptors (Lipinski definition) is 4. The largest absolute Gasteiger partial charge is 0.481 e. The van der Waals surface area contributed by atoms with Crippen molar-refractivity contribution in [1.29, 1.82) is 0 Å². The molecule has 0 radical (unpaired) electrons. The maximum atomic E-state index is 14.5. The van der Waals surface area contributed by atoms with Crippen LogP contribution in [0.1, 0.15) is 117 Å². The Morgan fingerprint density at radius 2 is 0.781 bits per heavy atom. The van der Waals surface area contributed by atoms with Crippen molar-refractivity contribution in [2.75, 3.05) is 0 Å². The summed E-state index contributed by atoms with van der Waals surface area (Å²) in [6.45, 7) is 6.06. The van der Waals surface area contributed by atoms with Crippen LogP contribution in [-0.2, 0) is 18.9 Å². The van der Waals surface area contributed by atoms with Crippen molar-refractivity contribution in [2.45, 2.75) is 134 Å². The van der Waals surface area contributed by atoms with Crippen LogP contribution in [0.3, 0.4) is 0 Å². The molecule has 32 heavy (non-hydrogen) atoms. The Kier molecular flexibility index (Phi) is 16.4. The van der Waals surface area contributed by atoms with Gasteiger partial charge in [0.15, 0.2) is 0 Å². The van der Waals surface area contributed by atoms with E-state index >= 15 is 0 Å². The van der Waals surface area contributed by atoms with Crippen molar-refractivity contribution in [2.24, 2.45) is 0 Å². The summed E-state index contributed by atoms with van der Waals surface area (Å²) in [5.41, 5.74) is -4.29. The average molecular weight is 477 g/mol. The highest BCUT2D eigenvalue weighted by atomic mass is 31.2. The second-order valence-electron chi connectivity index (χ2n) is 8.87. The molecule has 0 fully saturated rings. The van der Waals surface area contributed by atoms with E-state index in [9.17, 15) is 34.3 Å². The quantitative estimate of drug-likeness (QED) is 0.125. The summed E-state index contributed by atoms with van der Waals surface area (Å²) in [5.74, 6) is -3.99. The maximum absolute atomic E-state index is 14.5. The molecule has 0 spiro atoms. The van der Waals surface area contributed by atoms with Crippen molar-refractivity contribution in [3.05, 3.63) is 0 Å². The van der Waals surface area contributed by atoms with Crippen LogP contribution in [0.15, 0.2) is 0 Å². The topological polar surface area (TPSA) is 129 Å². The third-order valence-electron chi connectivity index (χ3n) is 6.31. The summed E-state index contributed by atoms with van der Waals surface area (Å²) in [4.78, 5) is 36.8. The Hall–Kier alpha value is -1.36. The van der Waals surface area contributed by atoms with Crippen LogP contribution in [0.5, 0.6) is 0 Å². The van der Waals surface area contributed by atoms with E-state index in [1.807, 2.05) is 20.8 Å². The van der Waals surface area contributed by atoms with Gasteiger partial charge < -0.3 is 19.9 Å². The first-order valence-corrected chi connectivity index (χ1v) is 14.4. The van der Waals surface area contributed by atoms with Gasteiger partial charge in [-0.1, -0.05) is 97.8 Å². The standard InChI is InChI=1S/C24H45O7P/c1-4-7-10-13-16-19(22(25)26)32(31,20(23(27)28)17-14-11-8-5-2)21(24(29)30)18-15-12-9-6-3/h19-21H,4-18H2,1-3H3,(H,25,26)(H,27,28)(H,29,30). The van der Waals surface area contributed by atoms with Gasteiger partial charge in [0.1, 0.15) is 24.1 Å². The van der Waals surface area contributed by atoms with E-state index in [1.54, 1.807) is 0 Å². The van der Waals surface area contributed by atoms with E-state index in [4.69, 9.17) is 0 Å². The molecule has 0 aromatic rings. The maximum Gasteiger partial charge on any atom is 0.314 e. The lowest BCUT2D eigenvalue weighted by Gasteiger charge is -2.34. The molecule has 0 saturated heterocycles. The third kappa shape index (κ3) is 10.1. The predicted octanol–water partition coefficient (Wildman–Crippen LogP) is 6.62. The van der Waals surface area contributed by atoms with Crippen LogP contribution < -0.4 is 0 Å². The average Bonchev–Trinajstić information content (AvgIpc) is 2.72. The van der Waals surface area contributed by atoms with Gasteiger partial charge in [-0.25, -0.2) is 0 Å². The lowest BCUT2D eigenvalue weighted by Crippen LogP contribution is -2.39. The van der Waals surface area contributed by atoms with Crippen LogP contribution in [-0.4, -0.2) is 50.2 Å². The Labute approximate surface area is 193 Å². The fraction of sp³-hybridized carbons (Fsp3) is 0.875. The van der Waals surface area contributed by atoms with Crippen LogP contribution in [0.2, 0.25) is 0 Å². The highest BCUT2D eigenvalue weighted by molar-refractivity contribution is 7.68. The number of aliphatic carboxylic acids is 3. The number of hydrogen-bond donors (Lipinski definition) is 3. The summed E-state index contributed by atoms with van der Waals surface area (Å²) in [6.07, 6.45) is 9.46. The van der Waals surface area contributed by atoms with Gasteiger partial charge in [-0.3, -0.25) is 14.4 Å². The van der Waals surface area contributed by atoms with Crippen molar-refractivity contribution in [3.63, 3.8) is 0 Å². The number of unbranched alkanes of at least 4 members (excludes halogenated alkanes) is 9. The second-order valence-corrected chi connectivity index (χ2v) is 12.3. The molecule has 7 nitrogen and oxygen atoms in total. The van der Waals surface area contributed by atoms with Crippen molar-refractivity contribution < 1.29 is 34.3 Å². The molecular formula is C24H45O7P. The summed E-state index contributed by atoms with van der Waals surface area (Å²) in [5, 5.41) is 30.0. The zero-order valence-electron chi connectivity index (χ0n) is 20.3. The molecule has 0 aromatic heterocycles. The van der Waals surface area contributed by atoms with Gasteiger partial charge in [0.25, 0.3) is 0 Å². The Morgan fingerprint density at radius 3 is 0.969 bits per heavy atom. The first kappa shape index (κ1) is 30.6. The van der Waals surface area contributed by atoms with Gasteiger partial charge in [0.05, 0.1) is 0 Å². The van der Waals surface area contributed by atoms with Crippen molar-refractivity contribution >= 4 is 25.0 Å². The van der Waals surface area contributed by atoms with E-state index in [0.717, 1.165) is 57.8 Å². The molecule has 3 atom stereocenters. The van der Waals surface area contributed by atoms with Gasteiger partial charge in [0.2, 0.25) is 0 Å². The summed E-state index contributed by atoms with van der Waals surface area (Å²) in [7, 11) is -4.16. The van der Waals surface area contributed by atoms with Gasteiger partial charge in [-0.2, -0.15) is 0 Å². The highest BCUT2D eigenvalue weighted by Gasteiger charge is 2.54. The first-order chi connectivity index (χ1) is 15.2. The van der Waals surface area contributed by atoms with E-state index in [2.05, 4.69) is 0 Å². The third-order valence-corrected chi connectivity index (χ3v) is 10.7. The first-order valence-electron chi connectivity index (χ1n) is 12.5. The minimum Gasteiger partial charge on any atom is -0.481 e. The molecule has 0 saturated carbocycles. The molecule has 0 aliphatic carbocycles. The van der Waals surface area contributed by atoms with E-state index < -0.39 is 42.0 Å². The Morgan fingerprint density at radius 1 is 0.531 bits per heavy atom. The van der Waals surface area contributed by atoms with Gasteiger partial charge >= 0.3 is 17.9 Å². The predicted molar refractivity (Wildman–Crippen MR) is 128 cm³/mol. The molecular weight excluding hydrogens is 431 g/mol. The van der Waals surface area contributed by atoms with Crippen LogP contribution >= 0.6 is 7.14 Å². The lowest BCUT2D eigenvalue weighted by molar-refractivity contribution is -0.136. The minimum atomic E-state index is -4.16. The highest BCUT2D eigenvalue weighted by Crippen LogP contribution is 2.63. The van der Waals surface area contributed by atoms with Crippen LogP contribution in [0.25, 0.3) is 0 Å². The van der Waals surface area contributed by atoms with Crippen LogP contribution in [0.4, 0.5) is 0 Å². The SMILES string of the molecule is CCCCCCC(C(=O)O)P(=O)(C(CCCCCC)C(=O)O)C(CCCCCC)C(=O)O. The number of rotatable bonds is 21. The van der Waals surface area contributed by atoms with Crippen LogP contribution in [0, 0.1) is 0 Å². The van der Waals surface area contributed by atoms with Gasteiger partial charge in [-0.15, -0.1) is 0 Å². The van der Waals surface area contributed by atoms with E-state index in [-0.39, 0.29) is 19.3 Å². The summed E-state index contributed by atoms with van der Waals surface area (Å²) in [6, 6.07) is 0. The zero-order chi connectivity index (χ0) is 24.6. The Balaban J connectivity index is 6.13. The molecule has 0 amide bonds.